The molecule has 3 rings (SSSR count). The number of nitrogens with one attached hydrogen (secondary N) is 1. The van der Waals surface area contributed by atoms with Crippen molar-refractivity contribution in [3.05, 3.63) is 30.1 Å². The van der Waals surface area contributed by atoms with E-state index in [4.69, 9.17) is 4.74 Å². The van der Waals surface area contributed by atoms with Crippen LogP contribution in [0.4, 0.5) is 0 Å². The van der Waals surface area contributed by atoms with Gasteiger partial charge in [0, 0.05) is 38.6 Å². The smallest absolute Gasteiger partial charge is 0.211 e. The minimum absolute atomic E-state index is 0.0116. The largest absolute Gasteiger partial charge is 0.372 e. The molecule has 0 bridgehead atoms. The van der Waals surface area contributed by atoms with Crippen molar-refractivity contribution < 1.29 is 13.2 Å². The highest BCUT2D eigenvalue weighted by Gasteiger charge is 2.46. The first-order chi connectivity index (χ1) is 11.0. The number of hydrogen-bond donors (Lipinski definition) is 1. The van der Waals surface area contributed by atoms with Crippen LogP contribution in [-0.4, -0.2) is 55.9 Å². The molecule has 1 spiro atoms. The van der Waals surface area contributed by atoms with Gasteiger partial charge in [-0.2, -0.15) is 0 Å². The molecule has 7 heteroatoms. The van der Waals surface area contributed by atoms with Gasteiger partial charge in [0.1, 0.15) is 0 Å². The van der Waals surface area contributed by atoms with Crippen molar-refractivity contribution in [1.29, 1.82) is 0 Å². The summed E-state index contributed by atoms with van der Waals surface area (Å²) >= 11 is 0. The molecule has 0 saturated carbocycles. The zero-order valence-electron chi connectivity index (χ0n) is 13.6. The van der Waals surface area contributed by atoms with E-state index < -0.39 is 10.0 Å². The molecule has 128 valence electrons. The second-order valence-electron chi connectivity index (χ2n) is 6.66. The molecule has 2 aliphatic rings. The van der Waals surface area contributed by atoms with E-state index >= 15 is 0 Å². The third-order valence-corrected chi connectivity index (χ3v) is 6.12. The Kier molecular flexibility index (Phi) is 5.01. The fourth-order valence-corrected chi connectivity index (χ4v) is 4.00. The highest BCUT2D eigenvalue weighted by molar-refractivity contribution is 7.89. The van der Waals surface area contributed by atoms with Crippen LogP contribution >= 0.6 is 0 Å². The molecule has 2 aliphatic heterocycles. The van der Waals surface area contributed by atoms with E-state index in [0.717, 1.165) is 32.5 Å². The van der Waals surface area contributed by atoms with Crippen LogP contribution in [0.25, 0.3) is 0 Å². The van der Waals surface area contributed by atoms with Crippen molar-refractivity contribution in [2.75, 3.05) is 32.0 Å². The van der Waals surface area contributed by atoms with Gasteiger partial charge < -0.3 is 4.74 Å². The van der Waals surface area contributed by atoms with Gasteiger partial charge in [-0.3, -0.25) is 9.88 Å². The van der Waals surface area contributed by atoms with Gasteiger partial charge in [0.2, 0.25) is 10.0 Å². The number of rotatable bonds is 6. The van der Waals surface area contributed by atoms with Gasteiger partial charge >= 0.3 is 0 Å². The van der Waals surface area contributed by atoms with Crippen LogP contribution < -0.4 is 4.72 Å². The van der Waals surface area contributed by atoms with E-state index in [-0.39, 0.29) is 17.3 Å². The Balaban J connectivity index is 1.40. The van der Waals surface area contributed by atoms with E-state index in [1.54, 1.807) is 13.1 Å². The maximum Gasteiger partial charge on any atom is 0.211 e. The van der Waals surface area contributed by atoms with Crippen molar-refractivity contribution in [3.8, 4) is 0 Å². The average Bonchev–Trinajstić information content (AvgIpc) is 2.54. The lowest BCUT2D eigenvalue weighted by molar-refractivity contribution is -0.181. The topological polar surface area (TPSA) is 71.5 Å². The Hall–Kier alpha value is -1.02. The molecule has 2 saturated heterocycles. The summed E-state index contributed by atoms with van der Waals surface area (Å²) in [4.78, 5) is 6.52. The zero-order valence-corrected chi connectivity index (χ0v) is 14.4. The van der Waals surface area contributed by atoms with Crippen LogP contribution in [0.5, 0.6) is 0 Å². The minimum Gasteiger partial charge on any atom is -0.372 e. The summed E-state index contributed by atoms with van der Waals surface area (Å²) in [5, 5.41) is 0. The fourth-order valence-electron chi connectivity index (χ4n) is 3.30. The van der Waals surface area contributed by atoms with Crippen LogP contribution in [0, 0.1) is 5.92 Å². The summed E-state index contributed by atoms with van der Waals surface area (Å²) in [5.41, 5.74) is 1.22. The molecule has 1 unspecified atom stereocenters. The zero-order chi connectivity index (χ0) is 16.3. The summed E-state index contributed by atoms with van der Waals surface area (Å²) in [6.45, 7) is 5.61. The number of sulfonamides is 1. The highest BCUT2D eigenvalue weighted by atomic mass is 32.2. The minimum atomic E-state index is -3.10. The Labute approximate surface area is 138 Å². The van der Waals surface area contributed by atoms with Gasteiger partial charge in [0.05, 0.1) is 18.0 Å². The molecular formula is C16H25N3O3S. The predicted octanol–water partition coefficient (Wildman–Crippen LogP) is 1.00. The van der Waals surface area contributed by atoms with Gasteiger partial charge in [-0.05, 0) is 37.3 Å². The normalized spacial score (nSPS) is 24.5. The third kappa shape index (κ3) is 4.29. The lowest BCUT2D eigenvalue weighted by atomic mass is 9.83. The SMILES string of the molecule is CCS(=O)(=O)NCC1CCC2(CN(Cc3cccnc3)C2)OC1. The van der Waals surface area contributed by atoms with Crippen molar-refractivity contribution in [2.45, 2.75) is 31.9 Å². The molecule has 0 radical (unpaired) electrons. The van der Waals surface area contributed by atoms with E-state index in [1.165, 1.54) is 5.56 Å². The lowest BCUT2D eigenvalue weighted by Gasteiger charge is -2.53. The molecule has 1 aromatic heterocycles. The fraction of sp³-hybridized carbons (Fsp3) is 0.688. The quantitative estimate of drug-likeness (QED) is 0.837. The van der Waals surface area contributed by atoms with Crippen LogP contribution in [0.15, 0.2) is 24.5 Å². The van der Waals surface area contributed by atoms with Gasteiger partial charge in [0.15, 0.2) is 0 Å². The second-order valence-corrected chi connectivity index (χ2v) is 8.75. The molecule has 0 amide bonds. The molecule has 3 heterocycles. The highest BCUT2D eigenvalue weighted by Crippen LogP contribution is 2.36. The molecule has 0 aromatic carbocycles. The number of pyridine rings is 1. The molecular weight excluding hydrogens is 314 g/mol. The first kappa shape index (κ1) is 16.8. The van der Waals surface area contributed by atoms with Crippen molar-refractivity contribution in [3.63, 3.8) is 0 Å². The average molecular weight is 339 g/mol. The second kappa shape index (κ2) is 6.84. The van der Waals surface area contributed by atoms with Crippen LogP contribution in [-0.2, 0) is 21.3 Å². The van der Waals surface area contributed by atoms with Crippen molar-refractivity contribution in [1.82, 2.24) is 14.6 Å². The van der Waals surface area contributed by atoms with Crippen molar-refractivity contribution >= 4 is 10.0 Å². The molecule has 0 aliphatic carbocycles. The van der Waals surface area contributed by atoms with Gasteiger partial charge in [0.25, 0.3) is 0 Å². The first-order valence-corrected chi connectivity index (χ1v) is 9.88. The summed E-state index contributed by atoms with van der Waals surface area (Å²) < 4.78 is 31.7. The van der Waals surface area contributed by atoms with E-state index in [9.17, 15) is 8.42 Å². The number of aromatic nitrogens is 1. The molecule has 23 heavy (non-hydrogen) atoms. The van der Waals surface area contributed by atoms with Crippen LogP contribution in [0.1, 0.15) is 25.3 Å². The number of ether oxygens (including phenoxy) is 1. The Morgan fingerprint density at radius 1 is 1.48 bits per heavy atom. The Bertz CT molecular complexity index is 605. The molecule has 1 aromatic rings. The summed E-state index contributed by atoms with van der Waals surface area (Å²) in [7, 11) is -3.10. The summed E-state index contributed by atoms with van der Waals surface area (Å²) in [5.74, 6) is 0.419. The van der Waals surface area contributed by atoms with Crippen LogP contribution in [0.3, 0.4) is 0 Å². The standard InChI is InChI=1S/C16H25N3O3S/c1-2-23(20,21)18-9-15-5-6-16(22-11-15)12-19(13-16)10-14-4-3-7-17-8-14/h3-4,7-8,15,18H,2,5-6,9-13H2,1H3. The van der Waals surface area contributed by atoms with E-state index in [2.05, 4.69) is 20.7 Å². The molecule has 1 N–H and O–H groups in total. The number of likely N-dealkylation sites (tertiary alicyclic amines) is 1. The number of hydrogen-bond acceptors (Lipinski definition) is 5. The van der Waals surface area contributed by atoms with Gasteiger partial charge in [-0.15, -0.1) is 0 Å². The summed E-state index contributed by atoms with van der Waals surface area (Å²) in [6, 6.07) is 4.06. The van der Waals surface area contributed by atoms with Crippen LogP contribution in [0.2, 0.25) is 0 Å². The molecule has 2 fully saturated rings. The van der Waals surface area contributed by atoms with Gasteiger partial charge in [-0.1, -0.05) is 6.07 Å². The molecule has 1 atom stereocenters. The Morgan fingerprint density at radius 2 is 2.30 bits per heavy atom. The number of nitrogens with zero attached hydrogens (tertiary/aromatic N) is 2. The third-order valence-electron chi connectivity index (χ3n) is 4.76. The summed E-state index contributed by atoms with van der Waals surface area (Å²) in [6.07, 6.45) is 5.73. The van der Waals surface area contributed by atoms with E-state index in [0.29, 0.717) is 13.2 Å². The monoisotopic (exact) mass is 339 g/mol. The maximum absolute atomic E-state index is 11.5. The molecule has 6 nitrogen and oxygen atoms in total. The maximum atomic E-state index is 11.5. The van der Waals surface area contributed by atoms with E-state index in [1.807, 2.05) is 12.3 Å². The van der Waals surface area contributed by atoms with Crippen molar-refractivity contribution in [2.24, 2.45) is 5.92 Å². The van der Waals surface area contributed by atoms with Gasteiger partial charge in [-0.25, -0.2) is 13.1 Å². The first-order valence-electron chi connectivity index (χ1n) is 8.23. The lowest BCUT2D eigenvalue weighted by Crippen LogP contribution is -2.64. The predicted molar refractivity (Wildman–Crippen MR) is 88.4 cm³/mol. The Morgan fingerprint density at radius 3 is 2.91 bits per heavy atom.